The Bertz CT molecular complexity index is 888. The standard InChI is InChI=1S/C21H23ClFN3O2/c1-2-26-11-3-4-15-12-14(5-8-19(15)26)9-10-24-20(27)21(28)25-16-6-7-18(23)17(22)13-16/h5-8,12-13H,2-4,9-11H2,1H3,(H,24,27)(H,25,28). The monoisotopic (exact) mass is 403 g/mol. The lowest BCUT2D eigenvalue weighted by Gasteiger charge is -2.30. The number of amides is 2. The van der Waals surface area contributed by atoms with Gasteiger partial charge >= 0.3 is 11.8 Å². The molecule has 0 aromatic heterocycles. The number of halogens is 2. The summed E-state index contributed by atoms with van der Waals surface area (Å²) in [6.45, 7) is 4.60. The van der Waals surface area contributed by atoms with Crippen molar-refractivity contribution in [3.8, 4) is 0 Å². The highest BCUT2D eigenvalue weighted by molar-refractivity contribution is 6.39. The minimum absolute atomic E-state index is 0.118. The molecule has 3 rings (SSSR count). The Hall–Kier alpha value is -2.60. The van der Waals surface area contributed by atoms with Gasteiger partial charge in [0.1, 0.15) is 5.82 Å². The topological polar surface area (TPSA) is 61.4 Å². The van der Waals surface area contributed by atoms with Gasteiger partial charge in [-0.15, -0.1) is 0 Å². The van der Waals surface area contributed by atoms with Crippen LogP contribution in [0.1, 0.15) is 24.5 Å². The fourth-order valence-electron chi connectivity index (χ4n) is 3.37. The largest absolute Gasteiger partial charge is 0.372 e. The third-order valence-corrected chi connectivity index (χ3v) is 5.11. The first-order valence-corrected chi connectivity index (χ1v) is 9.76. The van der Waals surface area contributed by atoms with Gasteiger partial charge < -0.3 is 15.5 Å². The molecule has 1 aliphatic heterocycles. The van der Waals surface area contributed by atoms with Gasteiger partial charge in [-0.25, -0.2) is 4.39 Å². The van der Waals surface area contributed by atoms with Crippen molar-refractivity contribution in [3.05, 3.63) is 58.4 Å². The first-order chi connectivity index (χ1) is 13.5. The van der Waals surface area contributed by atoms with Gasteiger partial charge in [0.2, 0.25) is 0 Å². The molecule has 5 nitrogen and oxygen atoms in total. The number of anilines is 2. The molecule has 1 aliphatic rings. The van der Waals surface area contributed by atoms with E-state index in [9.17, 15) is 14.0 Å². The van der Waals surface area contributed by atoms with E-state index < -0.39 is 17.6 Å². The number of carbonyl (C=O) groups is 2. The first kappa shape index (κ1) is 20.1. The zero-order valence-corrected chi connectivity index (χ0v) is 16.5. The van der Waals surface area contributed by atoms with Crippen molar-refractivity contribution in [2.75, 3.05) is 29.9 Å². The molecule has 2 aromatic carbocycles. The van der Waals surface area contributed by atoms with E-state index in [2.05, 4.69) is 40.7 Å². The van der Waals surface area contributed by atoms with Crippen LogP contribution in [0.15, 0.2) is 36.4 Å². The lowest BCUT2D eigenvalue weighted by atomic mass is 9.98. The van der Waals surface area contributed by atoms with Gasteiger partial charge in [0.05, 0.1) is 5.02 Å². The van der Waals surface area contributed by atoms with Gasteiger partial charge in [0, 0.05) is 31.0 Å². The van der Waals surface area contributed by atoms with E-state index in [0.717, 1.165) is 37.6 Å². The molecule has 28 heavy (non-hydrogen) atoms. The lowest BCUT2D eigenvalue weighted by Crippen LogP contribution is -2.36. The van der Waals surface area contributed by atoms with Crippen molar-refractivity contribution in [3.63, 3.8) is 0 Å². The maximum absolute atomic E-state index is 13.1. The van der Waals surface area contributed by atoms with E-state index in [1.807, 2.05) is 0 Å². The summed E-state index contributed by atoms with van der Waals surface area (Å²) in [6.07, 6.45) is 2.85. The normalized spacial score (nSPS) is 13.0. The van der Waals surface area contributed by atoms with Crippen LogP contribution in [0.4, 0.5) is 15.8 Å². The number of nitrogens with one attached hydrogen (secondary N) is 2. The minimum atomic E-state index is -0.813. The second-order valence-electron chi connectivity index (χ2n) is 6.74. The minimum Gasteiger partial charge on any atom is -0.372 e. The predicted octanol–water partition coefficient (Wildman–Crippen LogP) is 3.55. The third kappa shape index (κ3) is 4.81. The zero-order valence-electron chi connectivity index (χ0n) is 15.7. The van der Waals surface area contributed by atoms with Crippen LogP contribution in [0.25, 0.3) is 0 Å². The molecular formula is C21H23ClFN3O2. The molecular weight excluding hydrogens is 381 g/mol. The van der Waals surface area contributed by atoms with Crippen molar-refractivity contribution >= 4 is 34.8 Å². The molecule has 7 heteroatoms. The average Bonchev–Trinajstić information content (AvgIpc) is 2.70. The van der Waals surface area contributed by atoms with Crippen LogP contribution in [0, 0.1) is 5.82 Å². The Kier molecular flexibility index (Phi) is 6.52. The molecule has 2 N–H and O–H groups in total. The zero-order chi connectivity index (χ0) is 20.1. The van der Waals surface area contributed by atoms with Gasteiger partial charge in [0.25, 0.3) is 0 Å². The summed E-state index contributed by atoms with van der Waals surface area (Å²) in [5.41, 5.74) is 4.02. The van der Waals surface area contributed by atoms with Crippen LogP contribution in [-0.2, 0) is 22.4 Å². The summed E-state index contributed by atoms with van der Waals surface area (Å²) >= 11 is 5.67. The van der Waals surface area contributed by atoms with Crippen molar-refractivity contribution < 1.29 is 14.0 Å². The molecule has 1 heterocycles. The maximum Gasteiger partial charge on any atom is 0.313 e. The third-order valence-electron chi connectivity index (χ3n) is 4.82. The molecule has 0 fully saturated rings. The molecule has 0 unspecified atom stereocenters. The summed E-state index contributed by atoms with van der Waals surface area (Å²) < 4.78 is 13.1. The van der Waals surface area contributed by atoms with Crippen LogP contribution in [0.3, 0.4) is 0 Å². The number of hydrogen-bond acceptors (Lipinski definition) is 3. The van der Waals surface area contributed by atoms with Gasteiger partial charge in [-0.3, -0.25) is 9.59 Å². The Balaban J connectivity index is 1.51. The SMILES string of the molecule is CCN1CCCc2cc(CCNC(=O)C(=O)Nc3ccc(F)c(Cl)c3)ccc21. The van der Waals surface area contributed by atoms with Crippen molar-refractivity contribution in [1.82, 2.24) is 5.32 Å². The number of hydrogen-bond donors (Lipinski definition) is 2. The van der Waals surface area contributed by atoms with Gasteiger partial charge in [-0.2, -0.15) is 0 Å². The Morgan fingerprint density at radius 3 is 2.75 bits per heavy atom. The molecule has 0 bridgehead atoms. The van der Waals surface area contributed by atoms with Crippen LogP contribution >= 0.6 is 11.6 Å². The van der Waals surface area contributed by atoms with Crippen LogP contribution in [0.5, 0.6) is 0 Å². The van der Waals surface area contributed by atoms with Crippen molar-refractivity contribution in [2.45, 2.75) is 26.2 Å². The van der Waals surface area contributed by atoms with Gasteiger partial charge in [-0.05, 0) is 61.6 Å². The quantitative estimate of drug-likeness (QED) is 0.750. The number of benzene rings is 2. The lowest BCUT2D eigenvalue weighted by molar-refractivity contribution is -0.136. The summed E-state index contributed by atoms with van der Waals surface area (Å²) in [5.74, 6) is -2.14. The number of carbonyl (C=O) groups excluding carboxylic acids is 2. The van der Waals surface area contributed by atoms with E-state index in [1.165, 1.54) is 23.4 Å². The molecule has 2 amide bonds. The number of nitrogens with zero attached hydrogens (tertiary/aromatic N) is 1. The summed E-state index contributed by atoms with van der Waals surface area (Å²) in [6, 6.07) is 10.1. The van der Waals surface area contributed by atoms with E-state index in [-0.39, 0.29) is 10.7 Å². The Morgan fingerprint density at radius 1 is 1.18 bits per heavy atom. The molecule has 2 aromatic rings. The van der Waals surface area contributed by atoms with E-state index >= 15 is 0 Å². The first-order valence-electron chi connectivity index (χ1n) is 9.39. The highest BCUT2D eigenvalue weighted by atomic mass is 35.5. The van der Waals surface area contributed by atoms with E-state index in [1.54, 1.807) is 0 Å². The fourth-order valence-corrected chi connectivity index (χ4v) is 3.56. The number of rotatable bonds is 5. The average molecular weight is 404 g/mol. The van der Waals surface area contributed by atoms with E-state index in [4.69, 9.17) is 11.6 Å². The second-order valence-corrected chi connectivity index (χ2v) is 7.14. The van der Waals surface area contributed by atoms with Crippen molar-refractivity contribution in [1.29, 1.82) is 0 Å². The highest BCUT2D eigenvalue weighted by Gasteiger charge is 2.16. The second kappa shape index (κ2) is 9.06. The fraction of sp³-hybridized carbons (Fsp3) is 0.333. The number of aryl methyl sites for hydroxylation is 1. The summed E-state index contributed by atoms with van der Waals surface area (Å²) in [4.78, 5) is 26.3. The molecule has 0 saturated carbocycles. The van der Waals surface area contributed by atoms with Gasteiger partial charge in [-0.1, -0.05) is 23.7 Å². The van der Waals surface area contributed by atoms with E-state index in [0.29, 0.717) is 13.0 Å². The molecule has 0 atom stereocenters. The molecule has 148 valence electrons. The Labute approximate surface area is 168 Å². The predicted molar refractivity (Wildman–Crippen MR) is 109 cm³/mol. The number of fused-ring (bicyclic) bond motifs is 1. The molecule has 0 spiro atoms. The molecule has 0 radical (unpaired) electrons. The summed E-state index contributed by atoms with van der Waals surface area (Å²) in [7, 11) is 0. The van der Waals surface area contributed by atoms with Crippen molar-refractivity contribution in [2.24, 2.45) is 0 Å². The summed E-state index contributed by atoms with van der Waals surface area (Å²) in [5, 5.41) is 4.89. The molecule has 0 aliphatic carbocycles. The smallest absolute Gasteiger partial charge is 0.313 e. The van der Waals surface area contributed by atoms with Crippen LogP contribution in [-0.4, -0.2) is 31.4 Å². The van der Waals surface area contributed by atoms with Crippen LogP contribution < -0.4 is 15.5 Å². The van der Waals surface area contributed by atoms with Crippen LogP contribution in [0.2, 0.25) is 5.02 Å². The molecule has 0 saturated heterocycles. The highest BCUT2D eigenvalue weighted by Crippen LogP contribution is 2.27. The maximum atomic E-state index is 13.1. The Morgan fingerprint density at radius 2 is 2.00 bits per heavy atom. The van der Waals surface area contributed by atoms with Gasteiger partial charge in [0.15, 0.2) is 0 Å².